The van der Waals surface area contributed by atoms with E-state index in [-0.39, 0.29) is 19.4 Å². The van der Waals surface area contributed by atoms with Crippen LogP contribution in [0.5, 0.6) is 0 Å². The number of hydrogen-bond donors (Lipinski definition) is 1. The minimum absolute atomic E-state index is 0.116. The number of halogens is 2. The lowest BCUT2D eigenvalue weighted by molar-refractivity contribution is -0.702. The lowest BCUT2D eigenvalue weighted by Crippen LogP contribution is -2.48. The van der Waals surface area contributed by atoms with Gasteiger partial charge in [0, 0.05) is 32.1 Å². The number of unbranched alkanes of at least 4 members (excludes halogenated alkanes) is 2. The van der Waals surface area contributed by atoms with E-state index in [1.165, 1.54) is 12.8 Å². The number of aromatic nitrogens is 2. The molecule has 0 aliphatic heterocycles. The van der Waals surface area contributed by atoms with E-state index in [0.717, 1.165) is 18.8 Å². The third-order valence-corrected chi connectivity index (χ3v) is 6.79. The second kappa shape index (κ2) is 11.2. The molecule has 0 amide bonds. The molecule has 2 aromatic rings. The second-order valence-electron chi connectivity index (χ2n) is 9.21. The van der Waals surface area contributed by atoms with Crippen LogP contribution < -0.4 is 4.57 Å². The van der Waals surface area contributed by atoms with Crippen LogP contribution in [0.3, 0.4) is 0 Å². The number of rotatable bonds is 11. The van der Waals surface area contributed by atoms with Crippen LogP contribution in [0.4, 0.5) is 8.78 Å². The highest BCUT2D eigenvalue weighted by Crippen LogP contribution is 2.45. The summed E-state index contributed by atoms with van der Waals surface area (Å²) in [5, 5.41) is 11.5. The molecule has 0 bridgehead atoms. The van der Waals surface area contributed by atoms with Gasteiger partial charge in [0.2, 0.25) is 5.92 Å². The molecule has 2 atom stereocenters. The van der Waals surface area contributed by atoms with E-state index in [0.29, 0.717) is 24.9 Å². The first-order chi connectivity index (χ1) is 15.8. The zero-order valence-electron chi connectivity index (χ0n) is 19.8. The summed E-state index contributed by atoms with van der Waals surface area (Å²) in [5.74, 6) is -3.47. The van der Waals surface area contributed by atoms with E-state index in [4.69, 9.17) is 4.74 Å². The van der Waals surface area contributed by atoms with Crippen LogP contribution >= 0.6 is 0 Å². The van der Waals surface area contributed by atoms with Gasteiger partial charge in [0.25, 0.3) is 5.82 Å². The minimum Gasteiger partial charge on any atom is -0.463 e. The van der Waals surface area contributed by atoms with E-state index in [1.54, 1.807) is 30.3 Å². The quantitative estimate of drug-likeness (QED) is 0.292. The van der Waals surface area contributed by atoms with Crippen LogP contribution in [0, 0.1) is 12.8 Å². The fourth-order valence-electron chi connectivity index (χ4n) is 4.80. The molecule has 7 heteroatoms. The molecule has 1 aromatic carbocycles. The van der Waals surface area contributed by atoms with Gasteiger partial charge in [-0.1, -0.05) is 43.7 Å². The summed E-state index contributed by atoms with van der Waals surface area (Å²) < 4.78 is 38.1. The van der Waals surface area contributed by atoms with Crippen LogP contribution in [0.1, 0.15) is 69.7 Å². The Morgan fingerprint density at radius 1 is 1.27 bits per heavy atom. The van der Waals surface area contributed by atoms with Crippen molar-refractivity contribution in [1.29, 1.82) is 0 Å². The Labute approximate surface area is 195 Å². The van der Waals surface area contributed by atoms with Crippen molar-refractivity contribution in [3.8, 4) is 0 Å². The van der Waals surface area contributed by atoms with Crippen molar-refractivity contribution in [2.75, 3.05) is 6.61 Å². The fraction of sp³-hybridized carbons (Fsp3) is 0.615. The summed E-state index contributed by atoms with van der Waals surface area (Å²) in [6.45, 7) is 6.02. The van der Waals surface area contributed by atoms with Gasteiger partial charge in [0.1, 0.15) is 12.4 Å². The summed E-state index contributed by atoms with van der Waals surface area (Å²) in [4.78, 5) is 13.1. The Morgan fingerprint density at radius 3 is 2.73 bits per heavy atom. The van der Waals surface area contributed by atoms with Crippen LogP contribution in [0.2, 0.25) is 0 Å². The summed E-state index contributed by atoms with van der Waals surface area (Å²) in [6, 6.07) is 8.36. The van der Waals surface area contributed by atoms with Crippen LogP contribution in [0.15, 0.2) is 42.7 Å². The molecule has 3 rings (SSSR count). The maximum atomic E-state index is 14.1. The van der Waals surface area contributed by atoms with E-state index in [9.17, 15) is 18.7 Å². The maximum absolute atomic E-state index is 14.1. The lowest BCUT2D eigenvalue weighted by Gasteiger charge is -2.39. The normalized spacial score (nSPS) is 19.7. The van der Waals surface area contributed by atoms with E-state index < -0.39 is 29.8 Å². The number of nitrogens with zero attached hydrogens (tertiary/aromatic N) is 2. The highest BCUT2D eigenvalue weighted by atomic mass is 19.3. The Bertz CT molecular complexity index is 900. The van der Waals surface area contributed by atoms with Crippen molar-refractivity contribution in [3.63, 3.8) is 0 Å². The Kier molecular flexibility index (Phi) is 8.63. The molecule has 0 saturated heterocycles. The standard InChI is InChI=1S/C26H37F2N2O3/c1-3-4-8-15-29-17-18-30(21(29)2)16-10-19-33-24(31)26(32,22-11-6-5-7-12-22)23-13-9-14-25(27,28)20-23/h5-7,11-12,17-18,23,32H,3-4,8-10,13-16,19-20H2,1-2H3/q+1/t23-,26+/m1/s1. The third kappa shape index (κ3) is 6.19. The molecular weight excluding hydrogens is 426 g/mol. The zero-order valence-corrected chi connectivity index (χ0v) is 19.8. The van der Waals surface area contributed by atoms with Crippen molar-refractivity contribution >= 4 is 5.97 Å². The summed E-state index contributed by atoms with van der Waals surface area (Å²) in [5.41, 5.74) is -1.76. The zero-order chi connectivity index (χ0) is 23.9. The molecule has 5 nitrogen and oxygen atoms in total. The predicted octanol–water partition coefficient (Wildman–Crippen LogP) is 4.92. The van der Waals surface area contributed by atoms with Crippen LogP contribution in [0.25, 0.3) is 0 Å². The van der Waals surface area contributed by atoms with Gasteiger partial charge in [-0.05, 0) is 31.2 Å². The number of ether oxygens (including phenoxy) is 1. The lowest BCUT2D eigenvalue weighted by atomic mass is 9.72. The molecule has 0 unspecified atom stereocenters. The molecule has 1 saturated carbocycles. The van der Waals surface area contributed by atoms with Gasteiger partial charge in [0.15, 0.2) is 5.60 Å². The second-order valence-corrected chi connectivity index (χ2v) is 9.21. The first-order valence-corrected chi connectivity index (χ1v) is 12.2. The minimum atomic E-state index is -2.88. The molecule has 1 aliphatic rings. The predicted molar refractivity (Wildman–Crippen MR) is 122 cm³/mol. The summed E-state index contributed by atoms with van der Waals surface area (Å²) in [7, 11) is 0. The van der Waals surface area contributed by atoms with Crippen LogP contribution in [-0.2, 0) is 28.2 Å². The number of alkyl halides is 2. The third-order valence-electron chi connectivity index (χ3n) is 6.79. The SMILES string of the molecule is CCCCC[n+]1ccn(CCCOC(=O)[C@](O)(c2ccccc2)[C@@H]2CCCC(F)(F)C2)c1C. The van der Waals surface area contributed by atoms with Crippen molar-refractivity contribution in [2.45, 2.75) is 89.8 Å². The number of carbonyl (C=O) groups is 1. The Balaban J connectivity index is 1.62. The van der Waals surface area contributed by atoms with Gasteiger partial charge < -0.3 is 9.84 Å². The highest BCUT2D eigenvalue weighted by Gasteiger charge is 2.52. The molecule has 1 heterocycles. The average molecular weight is 464 g/mol. The number of esters is 1. The van der Waals surface area contributed by atoms with Crippen molar-refractivity contribution in [1.82, 2.24) is 4.57 Å². The monoisotopic (exact) mass is 463 g/mol. The van der Waals surface area contributed by atoms with E-state index >= 15 is 0 Å². The van der Waals surface area contributed by atoms with Crippen LogP contribution in [-0.4, -0.2) is 28.2 Å². The summed E-state index contributed by atoms with van der Waals surface area (Å²) >= 11 is 0. The van der Waals surface area contributed by atoms with Gasteiger partial charge >= 0.3 is 5.97 Å². The molecule has 33 heavy (non-hydrogen) atoms. The first-order valence-electron chi connectivity index (χ1n) is 12.2. The number of benzene rings is 1. The van der Waals surface area contributed by atoms with Crippen molar-refractivity contribution < 1.29 is 28.0 Å². The largest absolute Gasteiger partial charge is 0.463 e. The summed E-state index contributed by atoms with van der Waals surface area (Å²) in [6.07, 6.45) is 8.07. The molecule has 182 valence electrons. The molecule has 1 N–H and O–H groups in total. The number of hydrogen-bond acceptors (Lipinski definition) is 3. The Hall–Kier alpha value is -2.28. The molecule has 0 radical (unpaired) electrons. The van der Waals surface area contributed by atoms with Crippen molar-refractivity contribution in [2.24, 2.45) is 5.92 Å². The number of aryl methyl sites for hydroxylation is 2. The molecule has 1 aliphatic carbocycles. The molecule has 1 aromatic heterocycles. The Morgan fingerprint density at radius 2 is 2.03 bits per heavy atom. The van der Waals surface area contributed by atoms with Gasteiger partial charge in [-0.25, -0.2) is 22.7 Å². The van der Waals surface area contributed by atoms with Gasteiger partial charge in [0.05, 0.1) is 19.7 Å². The highest BCUT2D eigenvalue weighted by molar-refractivity contribution is 5.81. The van der Waals surface area contributed by atoms with Crippen molar-refractivity contribution in [3.05, 3.63) is 54.1 Å². The molecular formula is C26H37F2N2O3+. The topological polar surface area (TPSA) is 55.3 Å². The maximum Gasteiger partial charge on any atom is 0.343 e. The van der Waals surface area contributed by atoms with E-state index in [1.807, 2.05) is 6.20 Å². The number of carbonyl (C=O) groups excluding carboxylic acids is 1. The first kappa shape index (κ1) is 25.3. The fourth-order valence-corrected chi connectivity index (χ4v) is 4.80. The van der Waals surface area contributed by atoms with E-state index in [2.05, 4.69) is 29.2 Å². The van der Waals surface area contributed by atoms with Gasteiger partial charge in [-0.2, -0.15) is 0 Å². The van der Waals surface area contributed by atoms with Gasteiger partial charge in [-0.3, -0.25) is 0 Å². The molecule has 1 fully saturated rings. The number of imidazole rings is 1. The molecule has 0 spiro atoms. The smallest absolute Gasteiger partial charge is 0.343 e. The van der Waals surface area contributed by atoms with Gasteiger partial charge in [-0.15, -0.1) is 0 Å². The number of aliphatic hydroxyl groups is 1. The average Bonchev–Trinajstić information content (AvgIpc) is 3.15.